The maximum absolute atomic E-state index is 12.4. The lowest BCUT2D eigenvalue weighted by atomic mass is 10.2. The largest absolute Gasteiger partial charge is 0.484 e. The van der Waals surface area contributed by atoms with Crippen molar-refractivity contribution in [2.45, 2.75) is 6.54 Å². The number of amides is 2. The number of rotatable bonds is 6. The third-order valence-corrected chi connectivity index (χ3v) is 4.54. The van der Waals surface area contributed by atoms with Crippen LogP contribution in [-0.2, 0) is 11.3 Å². The van der Waals surface area contributed by atoms with E-state index in [0.29, 0.717) is 44.2 Å². The first kappa shape index (κ1) is 20.2. The van der Waals surface area contributed by atoms with Crippen LogP contribution in [0.3, 0.4) is 0 Å². The van der Waals surface area contributed by atoms with Crippen molar-refractivity contribution in [1.82, 2.24) is 15.1 Å². The minimum Gasteiger partial charge on any atom is -0.484 e. The third-order valence-electron chi connectivity index (χ3n) is 4.54. The summed E-state index contributed by atoms with van der Waals surface area (Å²) in [6, 6.07) is 10.8. The van der Waals surface area contributed by atoms with Crippen LogP contribution in [0.15, 0.2) is 52.1 Å². The van der Waals surface area contributed by atoms with Gasteiger partial charge in [0.15, 0.2) is 18.3 Å². The maximum atomic E-state index is 12.4. The zero-order valence-electron chi connectivity index (χ0n) is 16.3. The van der Waals surface area contributed by atoms with Gasteiger partial charge < -0.3 is 30.0 Å². The Morgan fingerprint density at radius 3 is 2.59 bits per heavy atom. The standard InChI is InChI=1S/C20H25N5O4/c1-22-20(23-13-15-4-2-5-16(12-15)29-14-18(21)26)25-9-7-24(8-10-25)19(27)17-6-3-11-28-17/h2-6,11-12H,7-10,13-14H2,1H3,(H2,21,26)(H,22,23). The number of carbonyl (C=O) groups is 2. The number of primary amides is 1. The van der Waals surface area contributed by atoms with Crippen LogP contribution in [0.1, 0.15) is 16.1 Å². The van der Waals surface area contributed by atoms with Crippen LogP contribution in [0.2, 0.25) is 0 Å². The van der Waals surface area contributed by atoms with Gasteiger partial charge in [0, 0.05) is 39.8 Å². The molecule has 154 valence electrons. The lowest BCUT2D eigenvalue weighted by Crippen LogP contribution is -2.53. The number of hydrogen-bond donors (Lipinski definition) is 2. The first-order chi connectivity index (χ1) is 14.1. The van der Waals surface area contributed by atoms with E-state index in [1.807, 2.05) is 18.2 Å². The van der Waals surface area contributed by atoms with Gasteiger partial charge in [-0.2, -0.15) is 0 Å². The fraction of sp³-hybridized carbons (Fsp3) is 0.350. The van der Waals surface area contributed by atoms with Crippen molar-refractivity contribution in [3.63, 3.8) is 0 Å². The number of nitrogens with one attached hydrogen (secondary N) is 1. The van der Waals surface area contributed by atoms with Crippen molar-refractivity contribution < 1.29 is 18.7 Å². The average Bonchev–Trinajstić information content (AvgIpc) is 3.28. The second-order valence-corrected chi connectivity index (χ2v) is 6.56. The number of benzene rings is 1. The molecule has 2 aromatic rings. The molecule has 0 aliphatic carbocycles. The van der Waals surface area contributed by atoms with Gasteiger partial charge in [-0.05, 0) is 29.8 Å². The molecule has 1 aliphatic heterocycles. The Hall–Kier alpha value is -3.49. The fourth-order valence-corrected chi connectivity index (χ4v) is 3.09. The molecule has 0 radical (unpaired) electrons. The predicted octanol–water partition coefficient (Wildman–Crippen LogP) is 0.677. The molecule has 0 saturated carbocycles. The van der Waals surface area contributed by atoms with E-state index in [2.05, 4.69) is 15.2 Å². The summed E-state index contributed by atoms with van der Waals surface area (Å²) in [7, 11) is 1.73. The molecule has 1 aromatic carbocycles. The molecule has 1 saturated heterocycles. The molecule has 0 spiro atoms. The predicted molar refractivity (Wildman–Crippen MR) is 108 cm³/mol. The number of guanidine groups is 1. The minimum absolute atomic E-state index is 0.0922. The quantitative estimate of drug-likeness (QED) is 0.545. The molecular formula is C20H25N5O4. The van der Waals surface area contributed by atoms with Crippen LogP contribution in [0.4, 0.5) is 0 Å². The molecule has 2 amide bonds. The van der Waals surface area contributed by atoms with Gasteiger partial charge in [-0.3, -0.25) is 14.6 Å². The van der Waals surface area contributed by atoms with Crippen molar-refractivity contribution in [2.24, 2.45) is 10.7 Å². The summed E-state index contributed by atoms with van der Waals surface area (Å²) in [5.41, 5.74) is 6.09. The molecule has 1 aliphatic rings. The van der Waals surface area contributed by atoms with Gasteiger partial charge in [-0.1, -0.05) is 12.1 Å². The molecular weight excluding hydrogens is 374 g/mol. The highest BCUT2D eigenvalue weighted by atomic mass is 16.5. The Morgan fingerprint density at radius 1 is 1.17 bits per heavy atom. The molecule has 3 N–H and O–H groups in total. The molecule has 0 atom stereocenters. The van der Waals surface area contributed by atoms with Crippen LogP contribution in [0.25, 0.3) is 0 Å². The monoisotopic (exact) mass is 399 g/mol. The summed E-state index contributed by atoms with van der Waals surface area (Å²) in [4.78, 5) is 31.5. The summed E-state index contributed by atoms with van der Waals surface area (Å²) in [6.07, 6.45) is 1.50. The van der Waals surface area contributed by atoms with Crippen molar-refractivity contribution >= 4 is 17.8 Å². The zero-order chi connectivity index (χ0) is 20.6. The summed E-state index contributed by atoms with van der Waals surface area (Å²) in [6.45, 7) is 2.93. The minimum atomic E-state index is -0.515. The Balaban J connectivity index is 1.50. The van der Waals surface area contributed by atoms with Crippen molar-refractivity contribution in [1.29, 1.82) is 0 Å². The van der Waals surface area contributed by atoms with E-state index < -0.39 is 5.91 Å². The van der Waals surface area contributed by atoms with E-state index in [0.717, 1.165) is 11.5 Å². The number of ether oxygens (including phenoxy) is 1. The van der Waals surface area contributed by atoms with Gasteiger partial charge in [0.1, 0.15) is 5.75 Å². The molecule has 9 nitrogen and oxygen atoms in total. The van der Waals surface area contributed by atoms with Gasteiger partial charge in [0.25, 0.3) is 11.8 Å². The van der Waals surface area contributed by atoms with Gasteiger partial charge in [-0.25, -0.2) is 0 Å². The fourth-order valence-electron chi connectivity index (χ4n) is 3.09. The summed E-state index contributed by atoms with van der Waals surface area (Å²) in [5, 5.41) is 3.33. The van der Waals surface area contributed by atoms with Crippen LogP contribution < -0.4 is 15.8 Å². The van der Waals surface area contributed by atoms with Crippen LogP contribution in [-0.4, -0.2) is 67.4 Å². The van der Waals surface area contributed by atoms with Crippen molar-refractivity contribution in [2.75, 3.05) is 39.8 Å². The lowest BCUT2D eigenvalue weighted by molar-refractivity contribution is -0.119. The lowest BCUT2D eigenvalue weighted by Gasteiger charge is -2.36. The number of nitrogens with two attached hydrogens (primary N) is 1. The zero-order valence-corrected chi connectivity index (χ0v) is 16.3. The second kappa shape index (κ2) is 9.63. The first-order valence-electron chi connectivity index (χ1n) is 9.35. The average molecular weight is 399 g/mol. The number of piperazine rings is 1. The summed E-state index contributed by atoms with van der Waals surface area (Å²) >= 11 is 0. The van der Waals surface area contributed by atoms with E-state index in [4.69, 9.17) is 14.9 Å². The highest BCUT2D eigenvalue weighted by Crippen LogP contribution is 2.14. The smallest absolute Gasteiger partial charge is 0.289 e. The normalized spacial score (nSPS) is 14.6. The number of hydrogen-bond acceptors (Lipinski definition) is 5. The van der Waals surface area contributed by atoms with Gasteiger partial charge in [-0.15, -0.1) is 0 Å². The summed E-state index contributed by atoms with van der Waals surface area (Å²) < 4.78 is 10.5. The Bertz CT molecular complexity index is 858. The van der Waals surface area contributed by atoms with Crippen molar-refractivity contribution in [3.05, 3.63) is 54.0 Å². The Kier molecular flexibility index (Phi) is 6.72. The van der Waals surface area contributed by atoms with E-state index in [1.54, 1.807) is 30.1 Å². The van der Waals surface area contributed by atoms with E-state index in [1.165, 1.54) is 6.26 Å². The summed E-state index contributed by atoms with van der Waals surface area (Å²) in [5.74, 6) is 1.10. The molecule has 29 heavy (non-hydrogen) atoms. The van der Waals surface area contributed by atoms with Crippen LogP contribution in [0.5, 0.6) is 5.75 Å². The van der Waals surface area contributed by atoms with Gasteiger partial charge in [0.05, 0.1) is 6.26 Å². The van der Waals surface area contributed by atoms with E-state index in [-0.39, 0.29) is 12.5 Å². The molecule has 0 bridgehead atoms. The van der Waals surface area contributed by atoms with E-state index in [9.17, 15) is 9.59 Å². The highest BCUT2D eigenvalue weighted by molar-refractivity contribution is 5.91. The molecule has 1 aromatic heterocycles. The van der Waals surface area contributed by atoms with Gasteiger partial charge in [0.2, 0.25) is 0 Å². The van der Waals surface area contributed by atoms with Crippen molar-refractivity contribution in [3.8, 4) is 5.75 Å². The Labute approximate surface area is 169 Å². The van der Waals surface area contributed by atoms with Crippen LogP contribution in [0, 0.1) is 0 Å². The number of aliphatic imine (C=N–C) groups is 1. The topological polar surface area (TPSA) is 113 Å². The Morgan fingerprint density at radius 2 is 1.93 bits per heavy atom. The maximum Gasteiger partial charge on any atom is 0.289 e. The first-order valence-corrected chi connectivity index (χ1v) is 9.35. The molecule has 3 rings (SSSR count). The molecule has 1 fully saturated rings. The number of nitrogens with zero attached hydrogens (tertiary/aromatic N) is 3. The SMILES string of the molecule is CN=C(NCc1cccc(OCC(N)=O)c1)N1CCN(C(=O)c2ccco2)CC1. The third kappa shape index (κ3) is 5.50. The molecule has 0 unspecified atom stereocenters. The van der Waals surface area contributed by atoms with Gasteiger partial charge >= 0.3 is 0 Å². The highest BCUT2D eigenvalue weighted by Gasteiger charge is 2.25. The van der Waals surface area contributed by atoms with Crippen LogP contribution >= 0.6 is 0 Å². The number of carbonyl (C=O) groups excluding carboxylic acids is 2. The second-order valence-electron chi connectivity index (χ2n) is 6.56. The van der Waals surface area contributed by atoms with E-state index >= 15 is 0 Å². The molecule has 9 heteroatoms. The number of furan rings is 1. The molecule has 2 heterocycles.